The third-order valence-electron chi connectivity index (χ3n) is 2.91. The van der Waals surface area contributed by atoms with E-state index in [9.17, 15) is 0 Å². The molecule has 0 aliphatic carbocycles. The van der Waals surface area contributed by atoms with Crippen LogP contribution in [0.3, 0.4) is 0 Å². The smallest absolute Gasteiger partial charge is 0.321 e. The molecule has 0 fully saturated rings. The number of hydrogen-bond donors (Lipinski definition) is 1. The average Bonchev–Trinajstić information content (AvgIpc) is 3.15. The summed E-state index contributed by atoms with van der Waals surface area (Å²) in [5.41, 5.74) is 0.829. The Balaban J connectivity index is 1.53. The first-order chi connectivity index (χ1) is 10.3. The van der Waals surface area contributed by atoms with Gasteiger partial charge in [0.1, 0.15) is 0 Å². The molecule has 0 amide bonds. The SMILES string of the molecule is Clc1cccc(-c2noc(NCCCn3cccn3)n2)c1. The highest BCUT2D eigenvalue weighted by Crippen LogP contribution is 2.20. The van der Waals surface area contributed by atoms with Gasteiger partial charge in [-0.05, 0) is 24.6 Å². The van der Waals surface area contributed by atoms with Crippen molar-refractivity contribution < 1.29 is 4.52 Å². The maximum Gasteiger partial charge on any atom is 0.321 e. The van der Waals surface area contributed by atoms with E-state index < -0.39 is 0 Å². The largest absolute Gasteiger partial charge is 0.338 e. The molecule has 1 aromatic carbocycles. The monoisotopic (exact) mass is 303 g/mol. The number of anilines is 1. The van der Waals surface area contributed by atoms with Crippen molar-refractivity contribution in [2.75, 3.05) is 11.9 Å². The Morgan fingerprint density at radius 2 is 2.24 bits per heavy atom. The van der Waals surface area contributed by atoms with Crippen molar-refractivity contribution in [3.8, 4) is 11.4 Å². The number of halogens is 1. The minimum Gasteiger partial charge on any atom is -0.338 e. The second kappa shape index (κ2) is 6.41. The number of nitrogens with one attached hydrogen (secondary N) is 1. The highest BCUT2D eigenvalue weighted by atomic mass is 35.5. The summed E-state index contributed by atoms with van der Waals surface area (Å²) in [5.74, 6) is 0.520. The first-order valence-corrected chi connectivity index (χ1v) is 7.00. The lowest BCUT2D eigenvalue weighted by molar-refractivity contribution is 0.431. The van der Waals surface area contributed by atoms with Crippen molar-refractivity contribution in [1.29, 1.82) is 0 Å². The number of benzene rings is 1. The molecule has 21 heavy (non-hydrogen) atoms. The molecule has 1 N–H and O–H groups in total. The fourth-order valence-electron chi connectivity index (χ4n) is 1.91. The van der Waals surface area contributed by atoms with E-state index in [-0.39, 0.29) is 0 Å². The van der Waals surface area contributed by atoms with Crippen LogP contribution < -0.4 is 5.32 Å². The van der Waals surface area contributed by atoms with Crippen LogP contribution in [0.1, 0.15) is 6.42 Å². The van der Waals surface area contributed by atoms with Gasteiger partial charge in [-0.1, -0.05) is 28.9 Å². The Labute approximate surface area is 126 Å². The summed E-state index contributed by atoms with van der Waals surface area (Å²) in [7, 11) is 0. The molecule has 0 unspecified atom stereocenters. The minimum absolute atomic E-state index is 0.408. The molecule has 3 rings (SSSR count). The van der Waals surface area contributed by atoms with Crippen LogP contribution in [-0.2, 0) is 6.54 Å². The van der Waals surface area contributed by atoms with Crippen LogP contribution in [0.2, 0.25) is 5.02 Å². The molecular weight excluding hydrogens is 290 g/mol. The Morgan fingerprint density at radius 1 is 1.29 bits per heavy atom. The lowest BCUT2D eigenvalue weighted by Gasteiger charge is -2.01. The standard InChI is InChI=1S/C14H14ClN5O/c15-12-5-1-4-11(10-12)13-18-14(21-19-13)16-6-2-8-20-9-3-7-17-20/h1,3-5,7,9-10H,2,6,8H2,(H,16,18,19). The van der Waals surface area contributed by atoms with Gasteiger partial charge in [-0.15, -0.1) is 0 Å². The van der Waals surface area contributed by atoms with Crippen molar-refractivity contribution in [1.82, 2.24) is 19.9 Å². The Bertz CT molecular complexity index is 695. The number of aromatic nitrogens is 4. The predicted molar refractivity (Wildman–Crippen MR) is 80.1 cm³/mol. The highest BCUT2D eigenvalue weighted by Gasteiger charge is 2.08. The van der Waals surface area contributed by atoms with E-state index in [2.05, 4.69) is 20.6 Å². The van der Waals surface area contributed by atoms with Gasteiger partial charge in [0, 0.05) is 36.1 Å². The Morgan fingerprint density at radius 3 is 3.05 bits per heavy atom. The van der Waals surface area contributed by atoms with E-state index >= 15 is 0 Å². The van der Waals surface area contributed by atoms with Crippen LogP contribution in [0.15, 0.2) is 47.2 Å². The third kappa shape index (κ3) is 3.61. The summed E-state index contributed by atoms with van der Waals surface area (Å²) in [6.45, 7) is 1.58. The lowest BCUT2D eigenvalue weighted by atomic mass is 10.2. The van der Waals surface area contributed by atoms with Crippen molar-refractivity contribution in [2.24, 2.45) is 0 Å². The van der Waals surface area contributed by atoms with Crippen LogP contribution in [0, 0.1) is 0 Å². The fraction of sp³-hybridized carbons (Fsp3) is 0.214. The van der Waals surface area contributed by atoms with Crippen LogP contribution in [0.25, 0.3) is 11.4 Å². The molecule has 6 nitrogen and oxygen atoms in total. The van der Waals surface area contributed by atoms with E-state index in [1.165, 1.54) is 0 Å². The van der Waals surface area contributed by atoms with Crippen LogP contribution >= 0.6 is 11.6 Å². The minimum atomic E-state index is 0.408. The fourth-order valence-corrected chi connectivity index (χ4v) is 2.10. The molecule has 3 aromatic rings. The molecule has 2 heterocycles. The van der Waals surface area contributed by atoms with Gasteiger partial charge in [0.05, 0.1) is 0 Å². The molecule has 0 atom stereocenters. The van der Waals surface area contributed by atoms with Gasteiger partial charge >= 0.3 is 6.01 Å². The zero-order valence-electron chi connectivity index (χ0n) is 11.2. The quantitative estimate of drug-likeness (QED) is 0.709. The van der Waals surface area contributed by atoms with Gasteiger partial charge < -0.3 is 9.84 Å². The highest BCUT2D eigenvalue weighted by molar-refractivity contribution is 6.30. The van der Waals surface area contributed by atoms with Crippen LogP contribution in [0.4, 0.5) is 6.01 Å². The Hall–Kier alpha value is -2.34. The van der Waals surface area contributed by atoms with E-state index in [4.69, 9.17) is 16.1 Å². The van der Waals surface area contributed by atoms with Crippen molar-refractivity contribution in [3.05, 3.63) is 47.7 Å². The van der Waals surface area contributed by atoms with E-state index in [0.717, 1.165) is 25.1 Å². The molecule has 108 valence electrons. The molecule has 0 aliphatic heterocycles. The zero-order chi connectivity index (χ0) is 14.5. The van der Waals surface area contributed by atoms with Crippen LogP contribution in [-0.4, -0.2) is 26.5 Å². The number of hydrogen-bond acceptors (Lipinski definition) is 5. The zero-order valence-corrected chi connectivity index (χ0v) is 12.0. The molecule has 0 saturated carbocycles. The summed E-state index contributed by atoms with van der Waals surface area (Å²) in [6.07, 6.45) is 4.61. The molecule has 0 radical (unpaired) electrons. The Kier molecular flexibility index (Phi) is 4.16. The van der Waals surface area contributed by atoms with Crippen molar-refractivity contribution >= 4 is 17.6 Å². The van der Waals surface area contributed by atoms with Gasteiger partial charge in [0.25, 0.3) is 0 Å². The van der Waals surface area contributed by atoms with Gasteiger partial charge in [0.15, 0.2) is 0 Å². The number of nitrogens with zero attached hydrogens (tertiary/aromatic N) is 4. The second-order valence-corrected chi connectivity index (χ2v) is 4.92. The first-order valence-electron chi connectivity index (χ1n) is 6.62. The molecule has 7 heteroatoms. The van der Waals surface area contributed by atoms with Gasteiger partial charge in [-0.25, -0.2) is 0 Å². The van der Waals surface area contributed by atoms with Crippen molar-refractivity contribution in [2.45, 2.75) is 13.0 Å². The molecule has 0 bridgehead atoms. The van der Waals surface area contributed by atoms with Gasteiger partial charge in [-0.3, -0.25) is 4.68 Å². The van der Waals surface area contributed by atoms with Crippen molar-refractivity contribution in [3.63, 3.8) is 0 Å². The van der Waals surface area contributed by atoms with Gasteiger partial charge in [0.2, 0.25) is 5.82 Å². The second-order valence-electron chi connectivity index (χ2n) is 4.48. The molecule has 2 aromatic heterocycles. The normalized spacial score (nSPS) is 10.7. The van der Waals surface area contributed by atoms with E-state index in [0.29, 0.717) is 16.9 Å². The maximum absolute atomic E-state index is 5.94. The number of rotatable bonds is 6. The summed E-state index contributed by atoms with van der Waals surface area (Å²) < 4.78 is 7.04. The molecular formula is C14H14ClN5O. The van der Waals surface area contributed by atoms with E-state index in [1.54, 1.807) is 18.3 Å². The predicted octanol–water partition coefficient (Wildman–Crippen LogP) is 3.09. The average molecular weight is 304 g/mol. The molecule has 0 spiro atoms. The summed E-state index contributed by atoms with van der Waals surface area (Å²) in [4.78, 5) is 4.29. The van der Waals surface area contributed by atoms with Crippen LogP contribution in [0.5, 0.6) is 0 Å². The molecule has 0 aliphatic rings. The third-order valence-corrected chi connectivity index (χ3v) is 3.14. The summed E-state index contributed by atoms with van der Waals surface area (Å²) in [5, 5.41) is 11.8. The number of aryl methyl sites for hydroxylation is 1. The first kappa shape index (κ1) is 13.6. The summed E-state index contributed by atoms with van der Waals surface area (Å²) in [6, 6.07) is 9.66. The maximum atomic E-state index is 5.94. The van der Waals surface area contributed by atoms with Gasteiger partial charge in [-0.2, -0.15) is 10.1 Å². The molecule has 0 saturated heterocycles. The summed E-state index contributed by atoms with van der Waals surface area (Å²) >= 11 is 5.94. The lowest BCUT2D eigenvalue weighted by Crippen LogP contribution is -2.07. The topological polar surface area (TPSA) is 68.8 Å². The van der Waals surface area contributed by atoms with E-state index in [1.807, 2.05) is 29.1 Å².